The summed E-state index contributed by atoms with van der Waals surface area (Å²) in [5.74, 6) is 0.967. The standard InChI is InChI=1S/C18H23ClN4O2S/c1-2-12-26(24,25)21-16-6-7-18(20-14-16)23-10-8-22(9-11-23)17-5-3-4-15(19)13-17/h3-7,13-14,21H,2,8-12H2,1H3. The van der Waals surface area contributed by atoms with E-state index in [2.05, 4.69) is 25.6 Å². The molecule has 140 valence electrons. The second-order valence-electron chi connectivity index (χ2n) is 6.28. The first-order valence-electron chi connectivity index (χ1n) is 8.69. The Labute approximate surface area is 159 Å². The van der Waals surface area contributed by atoms with Crippen LogP contribution in [-0.4, -0.2) is 45.3 Å². The van der Waals surface area contributed by atoms with Crippen molar-refractivity contribution in [2.75, 3.05) is 46.5 Å². The van der Waals surface area contributed by atoms with E-state index in [1.807, 2.05) is 31.2 Å². The van der Waals surface area contributed by atoms with Crippen LogP contribution in [0.3, 0.4) is 0 Å². The van der Waals surface area contributed by atoms with Gasteiger partial charge in [0.2, 0.25) is 10.0 Å². The molecule has 1 N–H and O–H groups in total. The van der Waals surface area contributed by atoms with Crippen molar-refractivity contribution >= 4 is 38.8 Å². The molecule has 1 aliphatic heterocycles. The Hall–Kier alpha value is -1.99. The monoisotopic (exact) mass is 394 g/mol. The van der Waals surface area contributed by atoms with E-state index in [-0.39, 0.29) is 5.75 Å². The fraction of sp³-hybridized carbons (Fsp3) is 0.389. The van der Waals surface area contributed by atoms with Crippen molar-refractivity contribution in [1.29, 1.82) is 0 Å². The molecule has 0 aliphatic carbocycles. The Morgan fingerprint density at radius 3 is 2.46 bits per heavy atom. The van der Waals surface area contributed by atoms with Gasteiger partial charge in [0.05, 0.1) is 17.6 Å². The molecule has 0 spiro atoms. The molecule has 0 bridgehead atoms. The minimum Gasteiger partial charge on any atom is -0.368 e. The molecule has 2 aromatic rings. The summed E-state index contributed by atoms with van der Waals surface area (Å²) in [7, 11) is -3.28. The average molecular weight is 395 g/mol. The first kappa shape index (κ1) is 18.8. The zero-order valence-electron chi connectivity index (χ0n) is 14.7. The summed E-state index contributed by atoms with van der Waals surface area (Å²) in [5, 5.41) is 0.743. The smallest absolute Gasteiger partial charge is 0.232 e. The molecule has 0 amide bonds. The van der Waals surface area contributed by atoms with Gasteiger partial charge in [-0.05, 0) is 36.8 Å². The summed E-state index contributed by atoms with van der Waals surface area (Å²) < 4.78 is 26.2. The number of hydrogen-bond acceptors (Lipinski definition) is 5. The number of pyridine rings is 1. The molecule has 1 saturated heterocycles. The van der Waals surface area contributed by atoms with Gasteiger partial charge in [-0.25, -0.2) is 13.4 Å². The molecule has 8 heteroatoms. The Morgan fingerprint density at radius 2 is 1.85 bits per heavy atom. The second-order valence-corrected chi connectivity index (χ2v) is 8.56. The SMILES string of the molecule is CCCS(=O)(=O)Nc1ccc(N2CCN(c3cccc(Cl)c3)CC2)nc1. The predicted molar refractivity (Wildman–Crippen MR) is 108 cm³/mol. The highest BCUT2D eigenvalue weighted by Crippen LogP contribution is 2.23. The van der Waals surface area contributed by atoms with Crippen LogP contribution in [0.25, 0.3) is 0 Å². The van der Waals surface area contributed by atoms with Gasteiger partial charge in [-0.15, -0.1) is 0 Å². The van der Waals surface area contributed by atoms with Crippen LogP contribution < -0.4 is 14.5 Å². The molecule has 2 heterocycles. The molecule has 6 nitrogen and oxygen atoms in total. The molecule has 26 heavy (non-hydrogen) atoms. The maximum Gasteiger partial charge on any atom is 0.232 e. The summed E-state index contributed by atoms with van der Waals surface area (Å²) in [6.45, 7) is 5.30. The lowest BCUT2D eigenvalue weighted by atomic mass is 10.2. The number of sulfonamides is 1. The third-order valence-corrected chi connectivity index (χ3v) is 6.00. The summed E-state index contributed by atoms with van der Waals surface area (Å²) in [6, 6.07) is 11.5. The second kappa shape index (κ2) is 8.14. The molecule has 0 saturated carbocycles. The van der Waals surface area contributed by atoms with E-state index in [1.165, 1.54) is 0 Å². The largest absolute Gasteiger partial charge is 0.368 e. The fourth-order valence-corrected chi connectivity index (χ4v) is 4.30. The maximum atomic E-state index is 11.8. The topological polar surface area (TPSA) is 65.5 Å². The normalized spacial score (nSPS) is 15.2. The Balaban J connectivity index is 1.59. The van der Waals surface area contributed by atoms with Crippen LogP contribution in [0.4, 0.5) is 17.2 Å². The van der Waals surface area contributed by atoms with Gasteiger partial charge in [0.25, 0.3) is 0 Å². The number of aromatic nitrogens is 1. The summed E-state index contributed by atoms with van der Waals surface area (Å²) in [5.41, 5.74) is 1.63. The Kier molecular flexibility index (Phi) is 5.88. The van der Waals surface area contributed by atoms with E-state index in [0.29, 0.717) is 12.1 Å². The molecule has 3 rings (SSSR count). The van der Waals surface area contributed by atoms with Gasteiger partial charge in [0.1, 0.15) is 5.82 Å². The van der Waals surface area contributed by atoms with Crippen molar-refractivity contribution in [3.8, 4) is 0 Å². The van der Waals surface area contributed by atoms with Crippen LogP contribution in [0.15, 0.2) is 42.6 Å². The van der Waals surface area contributed by atoms with Gasteiger partial charge < -0.3 is 9.80 Å². The molecule has 1 aromatic heterocycles. The van der Waals surface area contributed by atoms with Crippen LogP contribution in [-0.2, 0) is 10.0 Å². The number of benzene rings is 1. The van der Waals surface area contributed by atoms with E-state index in [1.54, 1.807) is 12.3 Å². The van der Waals surface area contributed by atoms with Crippen LogP contribution in [0.5, 0.6) is 0 Å². The number of rotatable bonds is 6. The molecular formula is C18H23ClN4O2S. The van der Waals surface area contributed by atoms with Gasteiger partial charge in [-0.1, -0.05) is 24.6 Å². The summed E-state index contributed by atoms with van der Waals surface area (Å²) in [4.78, 5) is 8.92. The number of halogens is 1. The first-order valence-corrected chi connectivity index (χ1v) is 10.7. The van der Waals surface area contributed by atoms with Crippen molar-refractivity contribution < 1.29 is 8.42 Å². The molecule has 1 aliphatic rings. The van der Waals surface area contributed by atoms with Gasteiger partial charge >= 0.3 is 0 Å². The summed E-state index contributed by atoms with van der Waals surface area (Å²) >= 11 is 6.07. The number of nitrogens with zero attached hydrogens (tertiary/aromatic N) is 3. The van der Waals surface area contributed by atoms with E-state index in [9.17, 15) is 8.42 Å². The van der Waals surface area contributed by atoms with Crippen molar-refractivity contribution in [3.63, 3.8) is 0 Å². The summed E-state index contributed by atoms with van der Waals surface area (Å²) in [6.07, 6.45) is 2.16. The van der Waals surface area contributed by atoms with Gasteiger partial charge in [-0.2, -0.15) is 0 Å². The third kappa shape index (κ3) is 4.80. The lowest BCUT2D eigenvalue weighted by Gasteiger charge is -2.36. The van der Waals surface area contributed by atoms with Gasteiger partial charge in [0, 0.05) is 36.9 Å². The van der Waals surface area contributed by atoms with Gasteiger partial charge in [-0.3, -0.25) is 4.72 Å². The number of hydrogen-bond donors (Lipinski definition) is 1. The zero-order chi connectivity index (χ0) is 18.6. The molecule has 1 aromatic carbocycles. The van der Waals surface area contributed by atoms with Crippen LogP contribution in [0.2, 0.25) is 5.02 Å². The quantitative estimate of drug-likeness (QED) is 0.814. The van der Waals surface area contributed by atoms with E-state index in [0.717, 1.165) is 42.7 Å². The molecular weight excluding hydrogens is 372 g/mol. The first-order chi connectivity index (χ1) is 12.5. The Morgan fingerprint density at radius 1 is 1.12 bits per heavy atom. The minimum atomic E-state index is -3.28. The predicted octanol–water partition coefficient (Wildman–Crippen LogP) is 3.21. The van der Waals surface area contributed by atoms with Crippen molar-refractivity contribution in [1.82, 2.24) is 4.98 Å². The van der Waals surface area contributed by atoms with E-state index < -0.39 is 10.0 Å². The van der Waals surface area contributed by atoms with Crippen LogP contribution >= 0.6 is 11.6 Å². The highest BCUT2D eigenvalue weighted by atomic mass is 35.5. The van der Waals surface area contributed by atoms with Crippen LogP contribution in [0.1, 0.15) is 13.3 Å². The highest BCUT2D eigenvalue weighted by molar-refractivity contribution is 7.92. The molecule has 0 unspecified atom stereocenters. The molecule has 0 atom stereocenters. The van der Waals surface area contributed by atoms with Gasteiger partial charge in [0.15, 0.2) is 0 Å². The van der Waals surface area contributed by atoms with Crippen LogP contribution in [0, 0.1) is 0 Å². The number of nitrogens with one attached hydrogen (secondary N) is 1. The number of piperazine rings is 1. The lowest BCUT2D eigenvalue weighted by Crippen LogP contribution is -2.46. The molecule has 1 fully saturated rings. The fourth-order valence-electron chi connectivity index (χ4n) is 3.00. The number of anilines is 3. The highest BCUT2D eigenvalue weighted by Gasteiger charge is 2.18. The Bertz CT molecular complexity index is 835. The van der Waals surface area contributed by atoms with E-state index >= 15 is 0 Å². The zero-order valence-corrected chi connectivity index (χ0v) is 16.3. The maximum absolute atomic E-state index is 11.8. The lowest BCUT2D eigenvalue weighted by molar-refractivity contribution is 0.600. The average Bonchev–Trinajstić information content (AvgIpc) is 2.62. The molecule has 0 radical (unpaired) electrons. The van der Waals surface area contributed by atoms with E-state index in [4.69, 9.17) is 11.6 Å². The van der Waals surface area contributed by atoms with Crippen molar-refractivity contribution in [2.24, 2.45) is 0 Å². The van der Waals surface area contributed by atoms with Crippen molar-refractivity contribution in [2.45, 2.75) is 13.3 Å². The third-order valence-electron chi connectivity index (χ3n) is 4.27. The minimum absolute atomic E-state index is 0.111. The van der Waals surface area contributed by atoms with Crippen molar-refractivity contribution in [3.05, 3.63) is 47.6 Å².